The molecule has 214 valence electrons. The van der Waals surface area contributed by atoms with Gasteiger partial charge in [-0.05, 0) is 91.9 Å². The molecule has 6 nitrogen and oxygen atoms in total. The van der Waals surface area contributed by atoms with E-state index in [0.29, 0.717) is 40.4 Å². The first-order valence-electron chi connectivity index (χ1n) is 14.1. The molecule has 0 aliphatic carbocycles. The van der Waals surface area contributed by atoms with Crippen molar-refractivity contribution in [2.24, 2.45) is 23.5 Å². The highest BCUT2D eigenvalue weighted by Gasteiger charge is 2.25. The summed E-state index contributed by atoms with van der Waals surface area (Å²) in [4.78, 5) is 27.5. The molecule has 2 atom stereocenters. The quantitative estimate of drug-likeness (QED) is 0.319. The lowest BCUT2D eigenvalue weighted by Gasteiger charge is -2.35. The van der Waals surface area contributed by atoms with Gasteiger partial charge in [0.2, 0.25) is 5.91 Å². The number of carbonyl (C=O) groups excluding carboxylic acids is 2. The fourth-order valence-corrected chi connectivity index (χ4v) is 5.22. The van der Waals surface area contributed by atoms with Crippen molar-refractivity contribution in [2.75, 3.05) is 26.2 Å². The second-order valence-electron chi connectivity index (χ2n) is 11.5. The van der Waals surface area contributed by atoms with E-state index in [-0.39, 0.29) is 23.8 Å². The maximum Gasteiger partial charge on any atom is 0.251 e. The number of hydrogen-bond acceptors (Lipinski definition) is 4. The van der Waals surface area contributed by atoms with Gasteiger partial charge in [0.25, 0.3) is 5.91 Å². The zero-order valence-corrected chi connectivity index (χ0v) is 25.2. The standard InChI is InChI=1S/C31H44Cl2N4O2/c1-20(2)28(19-37-15-12-23(13-16-37)17-24-7-10-26(32)27(33)18-24)36-30(38)25-8-5-22(6-9-25)11-14-35-31(39)29(34)21(3)4/h5-10,18,20-21,23,28-29H,11-17,19,34H2,1-4H3,(H,35,39)(H,36,38). The molecule has 1 fully saturated rings. The third-order valence-corrected chi connectivity index (χ3v) is 8.48. The number of amides is 2. The van der Waals surface area contributed by atoms with Gasteiger partial charge < -0.3 is 21.3 Å². The van der Waals surface area contributed by atoms with E-state index >= 15 is 0 Å². The van der Waals surface area contributed by atoms with Gasteiger partial charge >= 0.3 is 0 Å². The summed E-state index contributed by atoms with van der Waals surface area (Å²) >= 11 is 12.2. The highest BCUT2D eigenvalue weighted by Crippen LogP contribution is 2.27. The average Bonchev–Trinajstić information content (AvgIpc) is 2.91. The Hall–Kier alpha value is -2.12. The number of halogens is 2. The first-order chi connectivity index (χ1) is 18.5. The fourth-order valence-electron chi connectivity index (χ4n) is 4.90. The Bertz CT molecular complexity index is 1080. The van der Waals surface area contributed by atoms with Crippen LogP contribution >= 0.6 is 23.2 Å². The van der Waals surface area contributed by atoms with E-state index in [2.05, 4.69) is 35.4 Å². The SMILES string of the molecule is CC(C)C(CN1CCC(Cc2ccc(Cl)c(Cl)c2)CC1)NC(=O)c1ccc(CCNC(=O)C(N)C(C)C)cc1. The van der Waals surface area contributed by atoms with Crippen LogP contribution in [0.4, 0.5) is 0 Å². The Kier molecular flexibility index (Phi) is 12.1. The molecule has 0 radical (unpaired) electrons. The van der Waals surface area contributed by atoms with E-state index in [1.165, 1.54) is 5.56 Å². The zero-order valence-electron chi connectivity index (χ0n) is 23.7. The van der Waals surface area contributed by atoms with Crippen LogP contribution < -0.4 is 16.4 Å². The van der Waals surface area contributed by atoms with Crippen molar-refractivity contribution in [3.63, 3.8) is 0 Å². The van der Waals surface area contributed by atoms with E-state index in [4.69, 9.17) is 28.9 Å². The van der Waals surface area contributed by atoms with Gasteiger partial charge in [-0.3, -0.25) is 9.59 Å². The molecule has 2 aromatic rings. The number of nitrogens with zero attached hydrogens (tertiary/aromatic N) is 1. The molecule has 1 aliphatic rings. The lowest BCUT2D eigenvalue weighted by atomic mass is 9.89. The molecular weight excluding hydrogens is 531 g/mol. The summed E-state index contributed by atoms with van der Waals surface area (Å²) < 4.78 is 0. The van der Waals surface area contributed by atoms with E-state index in [1.54, 1.807) is 0 Å². The minimum atomic E-state index is -0.495. The van der Waals surface area contributed by atoms with Crippen LogP contribution in [0.3, 0.4) is 0 Å². The van der Waals surface area contributed by atoms with Gasteiger partial charge in [0, 0.05) is 24.7 Å². The van der Waals surface area contributed by atoms with Crippen molar-refractivity contribution in [3.05, 3.63) is 69.2 Å². The predicted molar refractivity (Wildman–Crippen MR) is 161 cm³/mol. The van der Waals surface area contributed by atoms with Crippen LogP contribution in [0.25, 0.3) is 0 Å². The van der Waals surface area contributed by atoms with E-state index in [1.807, 2.05) is 50.2 Å². The fraction of sp³-hybridized carbons (Fsp3) is 0.548. The first-order valence-corrected chi connectivity index (χ1v) is 14.9. The number of nitrogens with one attached hydrogen (secondary N) is 2. The van der Waals surface area contributed by atoms with Crippen LogP contribution in [0, 0.1) is 17.8 Å². The van der Waals surface area contributed by atoms with Crippen molar-refractivity contribution in [1.82, 2.24) is 15.5 Å². The molecule has 0 bridgehead atoms. The monoisotopic (exact) mass is 574 g/mol. The average molecular weight is 576 g/mol. The Labute approximate surface area is 244 Å². The third kappa shape index (κ3) is 9.78. The summed E-state index contributed by atoms with van der Waals surface area (Å²) in [6.45, 7) is 11.6. The highest BCUT2D eigenvalue weighted by atomic mass is 35.5. The summed E-state index contributed by atoms with van der Waals surface area (Å²) in [6.07, 6.45) is 3.96. The van der Waals surface area contributed by atoms with Crippen LogP contribution in [-0.2, 0) is 17.6 Å². The lowest BCUT2D eigenvalue weighted by Crippen LogP contribution is -2.48. The summed E-state index contributed by atoms with van der Waals surface area (Å²) in [7, 11) is 0. The molecule has 8 heteroatoms. The van der Waals surface area contributed by atoms with Gasteiger partial charge in [-0.25, -0.2) is 0 Å². The topological polar surface area (TPSA) is 87.5 Å². The maximum atomic E-state index is 13.0. The molecule has 4 N–H and O–H groups in total. The van der Waals surface area contributed by atoms with E-state index in [9.17, 15) is 9.59 Å². The van der Waals surface area contributed by atoms with Gasteiger partial charge in [-0.1, -0.05) is 69.1 Å². The molecule has 2 amide bonds. The predicted octanol–water partition coefficient (Wildman–Crippen LogP) is 5.34. The van der Waals surface area contributed by atoms with Gasteiger partial charge in [0.05, 0.1) is 16.1 Å². The van der Waals surface area contributed by atoms with Crippen molar-refractivity contribution in [3.8, 4) is 0 Å². The number of hydrogen-bond donors (Lipinski definition) is 3. The molecule has 2 aromatic carbocycles. The molecule has 0 spiro atoms. The van der Waals surface area contributed by atoms with Crippen LogP contribution in [0.15, 0.2) is 42.5 Å². The number of likely N-dealkylation sites (tertiary alicyclic amines) is 1. The summed E-state index contributed by atoms with van der Waals surface area (Å²) in [5, 5.41) is 7.37. The minimum Gasteiger partial charge on any atom is -0.354 e. The van der Waals surface area contributed by atoms with Crippen molar-refractivity contribution >= 4 is 35.0 Å². The summed E-state index contributed by atoms with van der Waals surface area (Å²) in [5.41, 5.74) is 8.84. The first kappa shape index (κ1) is 31.4. The number of carbonyl (C=O) groups is 2. The Balaban J connectivity index is 1.44. The molecule has 1 aliphatic heterocycles. The van der Waals surface area contributed by atoms with E-state index in [0.717, 1.165) is 44.5 Å². The molecule has 0 saturated carbocycles. The number of rotatable bonds is 12. The number of piperidine rings is 1. The Morgan fingerprint density at radius 1 is 0.949 bits per heavy atom. The second kappa shape index (κ2) is 15.0. The van der Waals surface area contributed by atoms with Gasteiger partial charge in [-0.15, -0.1) is 0 Å². The van der Waals surface area contributed by atoms with Crippen LogP contribution in [0.5, 0.6) is 0 Å². The molecular formula is C31H44Cl2N4O2. The Morgan fingerprint density at radius 3 is 2.18 bits per heavy atom. The van der Waals surface area contributed by atoms with Crippen LogP contribution in [-0.4, -0.2) is 55.0 Å². The molecule has 0 aromatic heterocycles. The third-order valence-electron chi connectivity index (χ3n) is 7.74. The van der Waals surface area contributed by atoms with Gasteiger partial charge in [-0.2, -0.15) is 0 Å². The van der Waals surface area contributed by atoms with Crippen molar-refractivity contribution < 1.29 is 9.59 Å². The van der Waals surface area contributed by atoms with Crippen molar-refractivity contribution in [2.45, 2.75) is 65.5 Å². The second-order valence-corrected chi connectivity index (χ2v) is 12.3. The van der Waals surface area contributed by atoms with Crippen molar-refractivity contribution in [1.29, 1.82) is 0 Å². The van der Waals surface area contributed by atoms with E-state index < -0.39 is 6.04 Å². The Morgan fingerprint density at radius 2 is 1.59 bits per heavy atom. The van der Waals surface area contributed by atoms with Crippen LogP contribution in [0.2, 0.25) is 10.0 Å². The molecule has 3 rings (SSSR count). The molecule has 2 unspecified atom stereocenters. The van der Waals surface area contributed by atoms with Crippen LogP contribution in [0.1, 0.15) is 62.0 Å². The highest BCUT2D eigenvalue weighted by molar-refractivity contribution is 6.42. The lowest BCUT2D eigenvalue weighted by molar-refractivity contribution is -0.123. The summed E-state index contributed by atoms with van der Waals surface area (Å²) in [6, 6.07) is 13.1. The van der Waals surface area contributed by atoms with Gasteiger partial charge in [0.1, 0.15) is 0 Å². The van der Waals surface area contributed by atoms with Gasteiger partial charge in [0.15, 0.2) is 0 Å². The number of benzene rings is 2. The smallest absolute Gasteiger partial charge is 0.251 e. The molecule has 1 saturated heterocycles. The molecule has 1 heterocycles. The number of nitrogens with two attached hydrogens (primary N) is 1. The normalized spacial score (nSPS) is 16.3. The summed E-state index contributed by atoms with van der Waals surface area (Å²) in [5.74, 6) is 0.874. The largest absolute Gasteiger partial charge is 0.354 e. The zero-order chi connectivity index (χ0) is 28.5. The molecule has 39 heavy (non-hydrogen) atoms. The maximum absolute atomic E-state index is 13.0. The minimum absolute atomic E-state index is 0.0500.